The molecule has 2 rings (SSSR count). The summed E-state index contributed by atoms with van der Waals surface area (Å²) in [5.74, 6) is 1.88. The van der Waals surface area contributed by atoms with E-state index in [0.717, 1.165) is 24.8 Å². The molecular formula is C16H25NO. The summed E-state index contributed by atoms with van der Waals surface area (Å²) in [7, 11) is 0. The fourth-order valence-electron chi connectivity index (χ4n) is 2.84. The number of hydrogen-bond donors (Lipinski definition) is 1. The first kappa shape index (κ1) is 13.4. The fourth-order valence-corrected chi connectivity index (χ4v) is 2.84. The van der Waals surface area contributed by atoms with Crippen LogP contribution in [-0.2, 0) is 6.54 Å². The maximum atomic E-state index is 5.65. The minimum absolute atomic E-state index is 0.613. The van der Waals surface area contributed by atoms with Crippen molar-refractivity contribution in [2.75, 3.05) is 6.61 Å². The van der Waals surface area contributed by atoms with Gasteiger partial charge in [0.15, 0.2) is 0 Å². The molecule has 18 heavy (non-hydrogen) atoms. The molecule has 1 atom stereocenters. The molecule has 0 radical (unpaired) electrons. The molecular weight excluding hydrogens is 222 g/mol. The molecule has 0 spiro atoms. The van der Waals surface area contributed by atoms with E-state index in [1.54, 1.807) is 0 Å². The molecule has 0 heterocycles. The number of ether oxygens (including phenoxy) is 1. The highest BCUT2D eigenvalue weighted by Gasteiger charge is 2.21. The standard InChI is InChI=1S/C16H25NO/c1-3-18-16-11-7-6-10-15(16)12-17-13(2)14-8-4-5-9-14/h6-7,10-11,13-14,17H,3-5,8-9,12H2,1-2H3/t13-/m0/s1. The van der Waals surface area contributed by atoms with Gasteiger partial charge >= 0.3 is 0 Å². The predicted octanol–water partition coefficient (Wildman–Crippen LogP) is 3.75. The topological polar surface area (TPSA) is 21.3 Å². The van der Waals surface area contributed by atoms with Crippen LogP contribution in [0.2, 0.25) is 0 Å². The van der Waals surface area contributed by atoms with Crippen molar-refractivity contribution < 1.29 is 4.74 Å². The predicted molar refractivity (Wildman–Crippen MR) is 75.9 cm³/mol. The van der Waals surface area contributed by atoms with Crippen LogP contribution in [0.15, 0.2) is 24.3 Å². The molecule has 1 aliphatic carbocycles. The van der Waals surface area contributed by atoms with Crippen molar-refractivity contribution >= 4 is 0 Å². The van der Waals surface area contributed by atoms with Crippen molar-refractivity contribution in [1.82, 2.24) is 5.32 Å². The van der Waals surface area contributed by atoms with Crippen molar-refractivity contribution in [3.63, 3.8) is 0 Å². The summed E-state index contributed by atoms with van der Waals surface area (Å²) in [6.45, 7) is 5.99. The van der Waals surface area contributed by atoms with Crippen LogP contribution in [0.5, 0.6) is 5.75 Å². The lowest BCUT2D eigenvalue weighted by Gasteiger charge is -2.21. The zero-order chi connectivity index (χ0) is 12.8. The Labute approximate surface area is 111 Å². The molecule has 1 aliphatic rings. The number of rotatable bonds is 6. The number of hydrogen-bond acceptors (Lipinski definition) is 2. The summed E-state index contributed by atoms with van der Waals surface area (Å²) < 4.78 is 5.65. The van der Waals surface area contributed by atoms with Crippen molar-refractivity contribution in [3.8, 4) is 5.75 Å². The van der Waals surface area contributed by atoms with Crippen LogP contribution < -0.4 is 10.1 Å². The quantitative estimate of drug-likeness (QED) is 0.826. The average Bonchev–Trinajstić information content (AvgIpc) is 2.92. The average molecular weight is 247 g/mol. The Hall–Kier alpha value is -1.02. The third kappa shape index (κ3) is 3.49. The van der Waals surface area contributed by atoms with Crippen molar-refractivity contribution in [1.29, 1.82) is 0 Å². The second kappa shape index (κ2) is 6.79. The van der Waals surface area contributed by atoms with Gasteiger partial charge in [0.25, 0.3) is 0 Å². The highest BCUT2D eigenvalue weighted by atomic mass is 16.5. The monoisotopic (exact) mass is 247 g/mol. The number of para-hydroxylation sites is 1. The number of benzene rings is 1. The van der Waals surface area contributed by atoms with Gasteiger partial charge in [0.2, 0.25) is 0 Å². The second-order valence-corrected chi connectivity index (χ2v) is 5.25. The second-order valence-electron chi connectivity index (χ2n) is 5.25. The van der Waals surface area contributed by atoms with Crippen LogP contribution in [0.25, 0.3) is 0 Å². The van der Waals surface area contributed by atoms with Gasteiger partial charge in [-0.15, -0.1) is 0 Å². The molecule has 0 unspecified atom stereocenters. The molecule has 2 nitrogen and oxygen atoms in total. The fraction of sp³-hybridized carbons (Fsp3) is 0.625. The van der Waals surface area contributed by atoms with Gasteiger partial charge in [0.1, 0.15) is 5.75 Å². The SMILES string of the molecule is CCOc1ccccc1CN[C@@H](C)C1CCCC1. The molecule has 1 fully saturated rings. The molecule has 2 heteroatoms. The Morgan fingerprint density at radius 1 is 1.28 bits per heavy atom. The van der Waals surface area contributed by atoms with E-state index in [0.29, 0.717) is 6.04 Å². The van der Waals surface area contributed by atoms with Gasteiger partial charge in [-0.05, 0) is 38.7 Å². The van der Waals surface area contributed by atoms with E-state index in [1.807, 2.05) is 13.0 Å². The molecule has 0 aliphatic heterocycles. The van der Waals surface area contributed by atoms with Crippen LogP contribution in [0, 0.1) is 5.92 Å². The van der Waals surface area contributed by atoms with Gasteiger partial charge in [0.05, 0.1) is 6.61 Å². The summed E-state index contributed by atoms with van der Waals surface area (Å²) in [6, 6.07) is 8.94. The Kier molecular flexibility index (Phi) is 5.06. The zero-order valence-electron chi connectivity index (χ0n) is 11.6. The van der Waals surface area contributed by atoms with Crippen LogP contribution in [0.4, 0.5) is 0 Å². The smallest absolute Gasteiger partial charge is 0.123 e. The Morgan fingerprint density at radius 3 is 2.72 bits per heavy atom. The first-order valence-electron chi connectivity index (χ1n) is 7.25. The molecule has 1 N–H and O–H groups in total. The largest absolute Gasteiger partial charge is 0.494 e. The normalized spacial score (nSPS) is 17.9. The number of nitrogens with one attached hydrogen (secondary N) is 1. The molecule has 1 saturated carbocycles. The van der Waals surface area contributed by atoms with E-state index in [-0.39, 0.29) is 0 Å². The van der Waals surface area contributed by atoms with Gasteiger partial charge in [-0.3, -0.25) is 0 Å². The molecule has 0 saturated heterocycles. The maximum Gasteiger partial charge on any atom is 0.123 e. The third-order valence-electron chi connectivity index (χ3n) is 3.99. The van der Waals surface area contributed by atoms with Crippen LogP contribution in [-0.4, -0.2) is 12.6 Å². The van der Waals surface area contributed by atoms with Crippen molar-refractivity contribution in [2.45, 2.75) is 52.1 Å². The van der Waals surface area contributed by atoms with Crippen LogP contribution in [0.1, 0.15) is 45.1 Å². The first-order chi connectivity index (χ1) is 8.81. The van der Waals surface area contributed by atoms with Crippen LogP contribution in [0.3, 0.4) is 0 Å². The first-order valence-corrected chi connectivity index (χ1v) is 7.25. The van der Waals surface area contributed by atoms with Gasteiger partial charge in [-0.1, -0.05) is 31.0 Å². The van der Waals surface area contributed by atoms with E-state index < -0.39 is 0 Å². The third-order valence-corrected chi connectivity index (χ3v) is 3.99. The van der Waals surface area contributed by atoms with Gasteiger partial charge < -0.3 is 10.1 Å². The highest BCUT2D eigenvalue weighted by molar-refractivity contribution is 5.33. The Morgan fingerprint density at radius 2 is 2.00 bits per heavy atom. The van der Waals surface area contributed by atoms with E-state index >= 15 is 0 Å². The van der Waals surface area contributed by atoms with E-state index in [1.165, 1.54) is 31.2 Å². The minimum atomic E-state index is 0.613. The highest BCUT2D eigenvalue weighted by Crippen LogP contribution is 2.28. The molecule has 100 valence electrons. The zero-order valence-corrected chi connectivity index (χ0v) is 11.6. The summed E-state index contributed by atoms with van der Waals surface area (Å²) in [5.41, 5.74) is 1.27. The van der Waals surface area contributed by atoms with Gasteiger partial charge in [-0.2, -0.15) is 0 Å². The minimum Gasteiger partial charge on any atom is -0.494 e. The molecule has 0 bridgehead atoms. The lowest BCUT2D eigenvalue weighted by Crippen LogP contribution is -2.31. The van der Waals surface area contributed by atoms with E-state index in [9.17, 15) is 0 Å². The summed E-state index contributed by atoms with van der Waals surface area (Å²) in [6.07, 6.45) is 5.60. The molecule has 0 aromatic heterocycles. The summed E-state index contributed by atoms with van der Waals surface area (Å²) in [4.78, 5) is 0. The Balaban J connectivity index is 1.88. The maximum absolute atomic E-state index is 5.65. The van der Waals surface area contributed by atoms with E-state index in [2.05, 4.69) is 30.4 Å². The van der Waals surface area contributed by atoms with E-state index in [4.69, 9.17) is 4.74 Å². The lowest BCUT2D eigenvalue weighted by atomic mass is 9.99. The summed E-state index contributed by atoms with van der Waals surface area (Å²) in [5, 5.41) is 3.66. The molecule has 1 aromatic rings. The van der Waals surface area contributed by atoms with Crippen LogP contribution >= 0.6 is 0 Å². The van der Waals surface area contributed by atoms with Gasteiger partial charge in [0, 0.05) is 18.2 Å². The molecule has 0 amide bonds. The van der Waals surface area contributed by atoms with Crippen molar-refractivity contribution in [2.24, 2.45) is 5.92 Å². The van der Waals surface area contributed by atoms with Crippen molar-refractivity contribution in [3.05, 3.63) is 29.8 Å². The summed E-state index contributed by atoms with van der Waals surface area (Å²) >= 11 is 0. The van der Waals surface area contributed by atoms with Gasteiger partial charge in [-0.25, -0.2) is 0 Å². The lowest BCUT2D eigenvalue weighted by molar-refractivity contribution is 0.331. The Bertz CT molecular complexity index is 358. The molecule has 1 aromatic carbocycles.